The van der Waals surface area contributed by atoms with Crippen molar-refractivity contribution in [2.45, 2.75) is 25.7 Å². The molecule has 3 heterocycles. The van der Waals surface area contributed by atoms with Crippen molar-refractivity contribution in [3.63, 3.8) is 0 Å². The summed E-state index contributed by atoms with van der Waals surface area (Å²) in [5.41, 5.74) is 4.52. The summed E-state index contributed by atoms with van der Waals surface area (Å²) in [7, 11) is 1.63. The average Bonchev–Trinajstić information content (AvgIpc) is 3.27. The van der Waals surface area contributed by atoms with Crippen LogP contribution in [0.25, 0.3) is 22.2 Å². The van der Waals surface area contributed by atoms with E-state index in [9.17, 15) is 4.79 Å². The predicted octanol–water partition coefficient (Wildman–Crippen LogP) is 5.01. The number of fused-ring (bicyclic) bond motifs is 2. The number of hydrogen-bond donors (Lipinski definition) is 0. The van der Waals surface area contributed by atoms with Gasteiger partial charge in [-0.1, -0.05) is 6.07 Å². The van der Waals surface area contributed by atoms with Crippen molar-refractivity contribution in [1.82, 2.24) is 9.97 Å². The van der Waals surface area contributed by atoms with Gasteiger partial charge in [-0.3, -0.25) is 14.8 Å². The number of carbonyl (C=O) groups is 1. The number of rotatable bonds is 4. The van der Waals surface area contributed by atoms with Gasteiger partial charge >= 0.3 is 0 Å². The second kappa shape index (κ2) is 7.17. The molecule has 0 amide bonds. The first-order valence-electron chi connectivity index (χ1n) is 9.79. The molecule has 5 rings (SSSR count). The topological polar surface area (TPSA) is 65.2 Å². The van der Waals surface area contributed by atoms with E-state index in [1.807, 2.05) is 36.4 Å². The van der Waals surface area contributed by atoms with E-state index in [4.69, 9.17) is 9.15 Å². The van der Waals surface area contributed by atoms with Gasteiger partial charge in [-0.05, 0) is 67.6 Å². The molecule has 0 unspecified atom stereocenters. The number of methoxy groups -OCH3 is 1. The number of aromatic nitrogens is 2. The zero-order valence-corrected chi connectivity index (χ0v) is 16.1. The third-order valence-electron chi connectivity index (χ3n) is 5.48. The molecule has 0 bridgehead atoms. The minimum atomic E-state index is -0.151. The lowest BCUT2D eigenvalue weighted by molar-refractivity contribution is 0.101. The molecule has 1 aliphatic carbocycles. The van der Waals surface area contributed by atoms with Crippen molar-refractivity contribution < 1.29 is 13.9 Å². The van der Waals surface area contributed by atoms with E-state index >= 15 is 0 Å². The van der Waals surface area contributed by atoms with Gasteiger partial charge in [0.2, 0.25) is 5.78 Å². The first kappa shape index (κ1) is 17.6. The molecule has 29 heavy (non-hydrogen) atoms. The molecule has 1 aliphatic rings. The van der Waals surface area contributed by atoms with Crippen LogP contribution in [-0.4, -0.2) is 22.9 Å². The number of pyridine rings is 2. The largest absolute Gasteiger partial charge is 0.496 e. The van der Waals surface area contributed by atoms with Crippen LogP contribution in [-0.2, 0) is 12.8 Å². The number of benzene rings is 1. The summed E-state index contributed by atoms with van der Waals surface area (Å²) in [4.78, 5) is 21.9. The molecule has 0 spiro atoms. The lowest BCUT2D eigenvalue weighted by Gasteiger charge is -2.14. The summed E-state index contributed by atoms with van der Waals surface area (Å²) in [5, 5.41) is 0.862. The maximum Gasteiger partial charge on any atom is 0.229 e. The van der Waals surface area contributed by atoms with E-state index in [0.717, 1.165) is 47.8 Å². The monoisotopic (exact) mass is 384 g/mol. The molecular weight excluding hydrogens is 364 g/mol. The van der Waals surface area contributed by atoms with Gasteiger partial charge < -0.3 is 9.15 Å². The third kappa shape index (κ3) is 3.09. The van der Waals surface area contributed by atoms with Gasteiger partial charge in [0.15, 0.2) is 5.76 Å². The van der Waals surface area contributed by atoms with Crippen molar-refractivity contribution >= 4 is 16.7 Å². The van der Waals surface area contributed by atoms with Crippen LogP contribution in [0.4, 0.5) is 0 Å². The van der Waals surface area contributed by atoms with Crippen molar-refractivity contribution in [1.29, 1.82) is 0 Å². The van der Waals surface area contributed by atoms with Gasteiger partial charge in [0.25, 0.3) is 0 Å². The molecule has 5 heteroatoms. The van der Waals surface area contributed by atoms with E-state index in [0.29, 0.717) is 22.8 Å². The molecule has 1 aromatic carbocycles. The zero-order chi connectivity index (χ0) is 19.8. The van der Waals surface area contributed by atoms with Crippen molar-refractivity contribution in [2.24, 2.45) is 0 Å². The van der Waals surface area contributed by atoms with Crippen LogP contribution < -0.4 is 4.74 Å². The van der Waals surface area contributed by atoms with Crippen LogP contribution in [0.2, 0.25) is 0 Å². The highest BCUT2D eigenvalue weighted by atomic mass is 16.5. The van der Waals surface area contributed by atoms with E-state index in [1.165, 1.54) is 5.56 Å². The standard InChI is InChI=1S/C24H20N2O3/c1-28-21-8-4-7-19-23(21)17(11-12-25-19)20-9-10-22(29-20)24(27)16-13-15-5-2-3-6-18(15)26-14-16/h4,7-14H,2-3,5-6H2,1H3. The first-order valence-corrected chi connectivity index (χ1v) is 9.79. The molecule has 4 aromatic rings. The molecule has 0 radical (unpaired) electrons. The Kier molecular flexibility index (Phi) is 4.35. The second-order valence-corrected chi connectivity index (χ2v) is 7.24. The second-order valence-electron chi connectivity index (χ2n) is 7.24. The van der Waals surface area contributed by atoms with Crippen LogP contribution in [0.5, 0.6) is 5.75 Å². The normalized spacial score (nSPS) is 13.3. The van der Waals surface area contributed by atoms with E-state index in [-0.39, 0.29) is 5.78 Å². The van der Waals surface area contributed by atoms with Gasteiger partial charge in [-0.15, -0.1) is 0 Å². The Bertz CT molecular complexity index is 1220. The van der Waals surface area contributed by atoms with E-state index in [1.54, 1.807) is 25.6 Å². The number of carbonyl (C=O) groups excluding carboxylic acids is 1. The molecule has 5 nitrogen and oxygen atoms in total. The minimum Gasteiger partial charge on any atom is -0.496 e. The summed E-state index contributed by atoms with van der Waals surface area (Å²) >= 11 is 0. The Morgan fingerprint density at radius 3 is 2.86 bits per heavy atom. The first-order chi connectivity index (χ1) is 14.2. The van der Waals surface area contributed by atoms with Gasteiger partial charge in [-0.25, -0.2) is 0 Å². The molecule has 144 valence electrons. The van der Waals surface area contributed by atoms with Gasteiger partial charge in [-0.2, -0.15) is 0 Å². The summed E-state index contributed by atoms with van der Waals surface area (Å²) in [5.74, 6) is 1.48. The Morgan fingerprint density at radius 2 is 1.97 bits per heavy atom. The number of ether oxygens (including phenoxy) is 1. The summed E-state index contributed by atoms with van der Waals surface area (Å²) in [6.45, 7) is 0. The Balaban J connectivity index is 1.53. The van der Waals surface area contributed by atoms with Gasteiger partial charge in [0.05, 0.1) is 18.0 Å². The fraction of sp³-hybridized carbons (Fsp3) is 0.208. The van der Waals surface area contributed by atoms with Crippen molar-refractivity contribution in [3.05, 3.63) is 77.4 Å². The zero-order valence-electron chi connectivity index (χ0n) is 16.1. The molecule has 0 fully saturated rings. The number of furan rings is 1. The maximum atomic E-state index is 13.0. The molecule has 0 N–H and O–H groups in total. The molecule has 0 saturated heterocycles. The molecule has 0 saturated carbocycles. The highest BCUT2D eigenvalue weighted by Gasteiger charge is 2.19. The summed E-state index contributed by atoms with van der Waals surface area (Å²) in [6, 6.07) is 13.1. The van der Waals surface area contributed by atoms with E-state index in [2.05, 4.69) is 9.97 Å². The van der Waals surface area contributed by atoms with Crippen molar-refractivity contribution in [2.75, 3.05) is 7.11 Å². The lowest BCUT2D eigenvalue weighted by Crippen LogP contribution is -2.09. The smallest absolute Gasteiger partial charge is 0.229 e. The fourth-order valence-electron chi connectivity index (χ4n) is 4.01. The SMILES string of the molecule is COc1cccc2nccc(-c3ccc(C(=O)c4cnc5c(c4)CCCC5)o3)c12. The number of hydrogen-bond acceptors (Lipinski definition) is 5. The molecular formula is C24H20N2O3. The van der Waals surface area contributed by atoms with Crippen LogP contribution >= 0.6 is 0 Å². The van der Waals surface area contributed by atoms with E-state index < -0.39 is 0 Å². The Morgan fingerprint density at radius 1 is 1.07 bits per heavy atom. The van der Waals surface area contributed by atoms with Gasteiger partial charge in [0, 0.05) is 29.2 Å². The van der Waals surface area contributed by atoms with Crippen LogP contribution in [0, 0.1) is 0 Å². The third-order valence-corrected chi connectivity index (χ3v) is 5.48. The fourth-order valence-corrected chi connectivity index (χ4v) is 4.01. The molecule has 0 aliphatic heterocycles. The predicted molar refractivity (Wildman–Crippen MR) is 110 cm³/mol. The summed E-state index contributed by atoms with van der Waals surface area (Å²) in [6.07, 6.45) is 7.68. The highest BCUT2D eigenvalue weighted by molar-refractivity contribution is 6.07. The quantitative estimate of drug-likeness (QED) is 0.463. The number of nitrogens with zero attached hydrogens (tertiary/aromatic N) is 2. The molecule has 3 aromatic heterocycles. The van der Waals surface area contributed by atoms with Crippen LogP contribution in [0.3, 0.4) is 0 Å². The van der Waals surface area contributed by atoms with Crippen LogP contribution in [0.1, 0.15) is 40.2 Å². The van der Waals surface area contributed by atoms with Crippen LogP contribution in [0.15, 0.2) is 59.3 Å². The lowest BCUT2D eigenvalue weighted by atomic mass is 9.94. The Hall–Kier alpha value is -3.47. The number of ketones is 1. The minimum absolute atomic E-state index is 0.151. The maximum absolute atomic E-state index is 13.0. The summed E-state index contributed by atoms with van der Waals surface area (Å²) < 4.78 is 11.5. The van der Waals surface area contributed by atoms with Crippen molar-refractivity contribution in [3.8, 4) is 17.1 Å². The Labute approximate surface area is 168 Å². The highest BCUT2D eigenvalue weighted by Crippen LogP contribution is 2.35. The average molecular weight is 384 g/mol. The number of aryl methyl sites for hydroxylation is 2. The molecule has 0 atom stereocenters. The van der Waals surface area contributed by atoms with Gasteiger partial charge in [0.1, 0.15) is 11.5 Å².